The number of urea groups is 1. The van der Waals surface area contributed by atoms with Gasteiger partial charge in [0.1, 0.15) is 16.5 Å². The molecule has 0 spiro atoms. The highest BCUT2D eigenvalue weighted by Gasteiger charge is 2.51. The highest BCUT2D eigenvalue weighted by molar-refractivity contribution is 6.30. The Hall–Kier alpha value is -2.67. The van der Waals surface area contributed by atoms with Gasteiger partial charge in [0.2, 0.25) is 0 Å². The Morgan fingerprint density at radius 2 is 1.96 bits per heavy atom. The van der Waals surface area contributed by atoms with Crippen LogP contribution in [0.2, 0.25) is 5.15 Å². The summed E-state index contributed by atoms with van der Waals surface area (Å²) < 4.78 is 13.2. The molecule has 0 saturated carbocycles. The monoisotopic (exact) mass is 362 g/mol. The van der Waals surface area contributed by atoms with Crippen molar-refractivity contribution in [3.8, 4) is 0 Å². The van der Waals surface area contributed by atoms with Crippen molar-refractivity contribution in [2.24, 2.45) is 0 Å². The molecule has 0 radical (unpaired) electrons. The molecule has 2 heterocycles. The molecule has 1 aliphatic heterocycles. The summed E-state index contributed by atoms with van der Waals surface area (Å²) in [6, 6.07) is 6.44. The number of nitrogens with two attached hydrogens (primary N) is 1. The van der Waals surface area contributed by atoms with E-state index in [0.29, 0.717) is 11.3 Å². The number of hydrogen-bond acceptors (Lipinski definition) is 4. The molecule has 25 heavy (non-hydrogen) atoms. The molecule has 0 aliphatic carbocycles. The third-order valence-corrected chi connectivity index (χ3v) is 4.43. The number of anilines is 2. The fraction of sp³-hybridized carbons (Fsp3) is 0.235. The normalized spacial score (nSPS) is 16.6. The number of aromatic nitrogens is 1. The first-order chi connectivity index (χ1) is 11.7. The number of amides is 3. The lowest BCUT2D eigenvalue weighted by Crippen LogP contribution is -2.43. The smallest absolute Gasteiger partial charge is 0.332 e. The highest BCUT2D eigenvalue weighted by Crippen LogP contribution is 2.34. The second kappa shape index (κ2) is 6.00. The minimum absolute atomic E-state index is 0.0823. The maximum absolute atomic E-state index is 13.2. The van der Waals surface area contributed by atoms with Crippen molar-refractivity contribution in [2.45, 2.75) is 25.9 Å². The number of carbonyl (C=O) groups is 2. The molecule has 0 atom stereocenters. The van der Waals surface area contributed by atoms with Crippen LogP contribution in [0.5, 0.6) is 0 Å². The average Bonchev–Trinajstić information content (AvgIpc) is 2.69. The summed E-state index contributed by atoms with van der Waals surface area (Å²) in [5.41, 5.74) is 5.87. The minimum atomic E-state index is -1.09. The number of pyridine rings is 1. The molecule has 3 rings (SSSR count). The van der Waals surface area contributed by atoms with E-state index in [4.69, 9.17) is 17.3 Å². The minimum Gasteiger partial charge on any atom is -0.398 e. The number of carbonyl (C=O) groups excluding carboxylic acids is 2. The Balaban J connectivity index is 1.97. The lowest BCUT2D eigenvalue weighted by molar-refractivity contribution is -0.123. The zero-order valence-corrected chi connectivity index (χ0v) is 14.4. The van der Waals surface area contributed by atoms with E-state index in [1.165, 1.54) is 41.4 Å². The van der Waals surface area contributed by atoms with Gasteiger partial charge in [0.05, 0.1) is 12.2 Å². The highest BCUT2D eigenvalue weighted by atomic mass is 35.5. The quantitative estimate of drug-likeness (QED) is 0.516. The lowest BCUT2D eigenvalue weighted by atomic mass is 10.0. The predicted octanol–water partition coefficient (Wildman–Crippen LogP) is 3.20. The maximum Gasteiger partial charge on any atom is 0.332 e. The van der Waals surface area contributed by atoms with Crippen LogP contribution in [0.15, 0.2) is 36.5 Å². The number of rotatable bonds is 3. The largest absolute Gasteiger partial charge is 0.398 e. The first-order valence-electron chi connectivity index (χ1n) is 7.53. The van der Waals surface area contributed by atoms with Crippen molar-refractivity contribution in [2.75, 3.05) is 10.6 Å². The molecule has 3 amide bonds. The predicted molar refractivity (Wildman–Crippen MR) is 92.6 cm³/mol. The van der Waals surface area contributed by atoms with E-state index in [-0.39, 0.29) is 23.3 Å². The molecule has 1 fully saturated rings. The zero-order chi connectivity index (χ0) is 18.4. The summed E-state index contributed by atoms with van der Waals surface area (Å²) in [6.07, 6.45) is 1.42. The maximum atomic E-state index is 13.2. The van der Waals surface area contributed by atoms with E-state index in [0.717, 1.165) is 4.90 Å². The molecule has 1 aromatic heterocycles. The van der Waals surface area contributed by atoms with Crippen LogP contribution in [0.3, 0.4) is 0 Å². The fourth-order valence-corrected chi connectivity index (χ4v) is 2.91. The van der Waals surface area contributed by atoms with Crippen molar-refractivity contribution in [3.05, 3.63) is 53.1 Å². The number of halogens is 2. The molecular formula is C17H16ClFN4O2. The van der Waals surface area contributed by atoms with Crippen LogP contribution in [0, 0.1) is 5.82 Å². The van der Waals surface area contributed by atoms with Crippen LogP contribution in [0.25, 0.3) is 0 Å². The molecule has 2 aromatic rings. The Labute approximate surface area is 149 Å². The number of imide groups is 1. The molecule has 1 saturated heterocycles. The third-order valence-electron chi connectivity index (χ3n) is 4.23. The van der Waals surface area contributed by atoms with Gasteiger partial charge in [0.15, 0.2) is 0 Å². The van der Waals surface area contributed by atoms with Crippen LogP contribution in [0.1, 0.15) is 19.4 Å². The summed E-state index contributed by atoms with van der Waals surface area (Å²) in [6.45, 7) is 3.38. The Morgan fingerprint density at radius 3 is 2.60 bits per heavy atom. The van der Waals surface area contributed by atoms with Crippen molar-refractivity contribution in [3.63, 3.8) is 0 Å². The molecule has 1 aromatic carbocycles. The van der Waals surface area contributed by atoms with E-state index in [1.54, 1.807) is 13.8 Å². The SMILES string of the molecule is CC1(C)C(=O)N(c2ccnc(Cl)c2)C(=O)N1Cc1ccc(F)cc1N. The van der Waals surface area contributed by atoms with Gasteiger partial charge in [-0.25, -0.2) is 19.1 Å². The van der Waals surface area contributed by atoms with Crippen LogP contribution in [-0.4, -0.2) is 27.4 Å². The standard InChI is InChI=1S/C17H16ClFN4O2/c1-17(2)15(24)23(12-5-6-21-14(18)8-12)16(25)22(17)9-10-3-4-11(19)7-13(10)20/h3-8H,9,20H2,1-2H3. The summed E-state index contributed by atoms with van der Waals surface area (Å²) in [5, 5.41) is 0.178. The molecule has 8 heteroatoms. The topological polar surface area (TPSA) is 79.5 Å². The average molecular weight is 363 g/mol. The second-order valence-corrected chi connectivity index (χ2v) is 6.64. The number of benzene rings is 1. The van der Waals surface area contributed by atoms with Gasteiger partial charge in [0.25, 0.3) is 5.91 Å². The van der Waals surface area contributed by atoms with Gasteiger partial charge < -0.3 is 10.6 Å². The van der Waals surface area contributed by atoms with Crippen LogP contribution in [-0.2, 0) is 11.3 Å². The summed E-state index contributed by atoms with van der Waals surface area (Å²) in [5.74, 6) is -0.849. The van der Waals surface area contributed by atoms with E-state index in [2.05, 4.69) is 4.98 Å². The van der Waals surface area contributed by atoms with E-state index >= 15 is 0 Å². The van der Waals surface area contributed by atoms with Gasteiger partial charge in [0, 0.05) is 11.9 Å². The van der Waals surface area contributed by atoms with Gasteiger partial charge in [-0.3, -0.25) is 4.79 Å². The summed E-state index contributed by atoms with van der Waals surface area (Å²) in [7, 11) is 0. The van der Waals surface area contributed by atoms with Crippen LogP contribution >= 0.6 is 11.6 Å². The van der Waals surface area contributed by atoms with Gasteiger partial charge in [-0.05, 0) is 43.7 Å². The number of nitrogen functional groups attached to an aromatic ring is 1. The second-order valence-electron chi connectivity index (χ2n) is 6.25. The molecule has 0 unspecified atom stereocenters. The number of hydrogen-bond donors (Lipinski definition) is 1. The van der Waals surface area contributed by atoms with Crippen molar-refractivity contribution in [1.29, 1.82) is 0 Å². The Kier molecular flexibility index (Phi) is 4.12. The first-order valence-corrected chi connectivity index (χ1v) is 7.91. The Morgan fingerprint density at radius 1 is 1.24 bits per heavy atom. The first kappa shape index (κ1) is 17.2. The molecule has 130 valence electrons. The Bertz CT molecular complexity index is 871. The van der Waals surface area contributed by atoms with Crippen molar-refractivity contribution in [1.82, 2.24) is 9.88 Å². The van der Waals surface area contributed by atoms with E-state index in [9.17, 15) is 14.0 Å². The molecule has 0 bridgehead atoms. The van der Waals surface area contributed by atoms with Gasteiger partial charge in [-0.2, -0.15) is 0 Å². The van der Waals surface area contributed by atoms with Gasteiger partial charge in [-0.1, -0.05) is 17.7 Å². The van der Waals surface area contributed by atoms with Crippen LogP contribution < -0.4 is 10.6 Å². The van der Waals surface area contributed by atoms with Gasteiger partial charge in [-0.15, -0.1) is 0 Å². The molecular weight excluding hydrogens is 347 g/mol. The summed E-state index contributed by atoms with van der Waals surface area (Å²) in [4.78, 5) is 32.0. The molecule has 2 N–H and O–H groups in total. The van der Waals surface area contributed by atoms with Crippen LogP contribution in [0.4, 0.5) is 20.6 Å². The van der Waals surface area contributed by atoms with E-state index < -0.39 is 17.4 Å². The van der Waals surface area contributed by atoms with Crippen molar-refractivity contribution < 1.29 is 14.0 Å². The molecule has 1 aliphatic rings. The summed E-state index contributed by atoms with van der Waals surface area (Å²) >= 11 is 5.87. The number of nitrogens with zero attached hydrogens (tertiary/aromatic N) is 3. The van der Waals surface area contributed by atoms with Crippen molar-refractivity contribution >= 4 is 34.9 Å². The van der Waals surface area contributed by atoms with Gasteiger partial charge >= 0.3 is 6.03 Å². The molecule has 6 nitrogen and oxygen atoms in total. The lowest BCUT2D eigenvalue weighted by Gasteiger charge is -2.28. The van der Waals surface area contributed by atoms with E-state index in [1.807, 2.05) is 0 Å². The zero-order valence-electron chi connectivity index (χ0n) is 13.7. The fourth-order valence-electron chi connectivity index (χ4n) is 2.74. The third kappa shape index (κ3) is 2.91.